The van der Waals surface area contributed by atoms with Crippen molar-refractivity contribution in [2.24, 2.45) is 11.7 Å². The maximum Gasteiger partial charge on any atom is 0.239 e. The summed E-state index contributed by atoms with van der Waals surface area (Å²) in [5.41, 5.74) is 5.02. The Labute approximate surface area is 152 Å². The van der Waals surface area contributed by atoms with Gasteiger partial charge in [-0.2, -0.15) is 0 Å². The molecule has 1 aliphatic rings. The van der Waals surface area contributed by atoms with Crippen LogP contribution in [0, 0.1) is 17.6 Å². The molecular weight excluding hydrogens is 340 g/mol. The Morgan fingerprint density at radius 2 is 1.73 bits per heavy atom. The summed E-state index contributed by atoms with van der Waals surface area (Å²) >= 11 is 0. The van der Waals surface area contributed by atoms with Gasteiger partial charge in [0.2, 0.25) is 11.8 Å². The van der Waals surface area contributed by atoms with Gasteiger partial charge >= 0.3 is 0 Å². The Bertz CT molecular complexity index is 638. The van der Waals surface area contributed by atoms with Crippen LogP contribution in [0.15, 0.2) is 18.2 Å². The molecule has 1 atom stereocenters. The van der Waals surface area contributed by atoms with Crippen molar-refractivity contribution in [3.05, 3.63) is 35.4 Å². The van der Waals surface area contributed by atoms with Crippen molar-refractivity contribution in [1.29, 1.82) is 0 Å². The van der Waals surface area contributed by atoms with Gasteiger partial charge in [0.05, 0.1) is 12.6 Å². The quantitative estimate of drug-likeness (QED) is 0.689. The van der Waals surface area contributed by atoms with Gasteiger partial charge in [0, 0.05) is 17.5 Å². The minimum absolute atomic E-state index is 0.0381. The van der Waals surface area contributed by atoms with E-state index in [1.807, 2.05) is 13.8 Å². The van der Waals surface area contributed by atoms with Gasteiger partial charge in [-0.1, -0.05) is 32.8 Å². The molecule has 5 nitrogen and oxygen atoms in total. The molecular formula is C19H27F2N3O2. The maximum absolute atomic E-state index is 14.3. The van der Waals surface area contributed by atoms with Crippen molar-refractivity contribution >= 4 is 11.8 Å². The molecule has 144 valence electrons. The number of nitrogens with two attached hydrogens (primary N) is 1. The van der Waals surface area contributed by atoms with Crippen LogP contribution in [0.1, 0.15) is 45.1 Å². The summed E-state index contributed by atoms with van der Waals surface area (Å²) in [7, 11) is 0. The Balaban J connectivity index is 1.99. The summed E-state index contributed by atoms with van der Waals surface area (Å²) in [6.45, 7) is 3.55. The highest BCUT2D eigenvalue weighted by Crippen LogP contribution is 2.42. The van der Waals surface area contributed by atoms with E-state index in [1.165, 1.54) is 18.2 Å². The Kier molecular flexibility index (Phi) is 6.69. The zero-order valence-corrected chi connectivity index (χ0v) is 15.3. The summed E-state index contributed by atoms with van der Waals surface area (Å²) in [5.74, 6) is -2.01. The molecule has 1 aromatic carbocycles. The number of rotatable bonds is 7. The summed E-state index contributed by atoms with van der Waals surface area (Å²) in [4.78, 5) is 23.9. The first-order valence-electron chi connectivity index (χ1n) is 9.01. The smallest absolute Gasteiger partial charge is 0.239 e. The highest BCUT2D eigenvalue weighted by atomic mass is 19.1. The predicted molar refractivity (Wildman–Crippen MR) is 95.3 cm³/mol. The molecule has 1 aromatic rings. The van der Waals surface area contributed by atoms with E-state index in [0.29, 0.717) is 12.8 Å². The summed E-state index contributed by atoms with van der Waals surface area (Å²) in [5, 5.41) is 5.20. The molecule has 0 heterocycles. The molecule has 0 unspecified atom stereocenters. The lowest BCUT2D eigenvalue weighted by Crippen LogP contribution is -2.48. The van der Waals surface area contributed by atoms with Crippen LogP contribution in [0.25, 0.3) is 0 Å². The monoisotopic (exact) mass is 367 g/mol. The van der Waals surface area contributed by atoms with E-state index < -0.39 is 34.9 Å². The Morgan fingerprint density at radius 1 is 1.15 bits per heavy atom. The third kappa shape index (κ3) is 4.58. The first-order chi connectivity index (χ1) is 12.3. The van der Waals surface area contributed by atoms with Gasteiger partial charge < -0.3 is 16.4 Å². The van der Waals surface area contributed by atoms with Gasteiger partial charge in [0.25, 0.3) is 0 Å². The van der Waals surface area contributed by atoms with Crippen molar-refractivity contribution in [3.63, 3.8) is 0 Å². The molecule has 26 heavy (non-hydrogen) atoms. The second-order valence-corrected chi connectivity index (χ2v) is 7.35. The lowest BCUT2D eigenvalue weighted by atomic mass is 9.78. The number of nitrogens with one attached hydrogen (secondary N) is 2. The fourth-order valence-electron chi connectivity index (χ4n) is 3.49. The lowest BCUT2D eigenvalue weighted by molar-refractivity contribution is -0.127. The lowest BCUT2D eigenvalue weighted by Gasteiger charge is -2.30. The zero-order chi connectivity index (χ0) is 19.3. The molecule has 0 bridgehead atoms. The van der Waals surface area contributed by atoms with Crippen molar-refractivity contribution in [2.45, 2.75) is 51.0 Å². The van der Waals surface area contributed by atoms with Crippen LogP contribution in [0.4, 0.5) is 8.78 Å². The van der Waals surface area contributed by atoms with Gasteiger partial charge in [-0.05, 0) is 30.9 Å². The third-order valence-electron chi connectivity index (χ3n) is 5.12. The van der Waals surface area contributed by atoms with Gasteiger partial charge in [-0.15, -0.1) is 0 Å². The molecule has 1 saturated carbocycles. The first-order valence-corrected chi connectivity index (χ1v) is 9.01. The molecule has 7 heteroatoms. The van der Waals surface area contributed by atoms with E-state index in [4.69, 9.17) is 5.73 Å². The average Bonchev–Trinajstić information content (AvgIpc) is 3.06. The van der Waals surface area contributed by atoms with Crippen LogP contribution >= 0.6 is 0 Å². The minimum Gasteiger partial charge on any atom is -0.354 e. The normalized spacial score (nSPS) is 17.2. The van der Waals surface area contributed by atoms with Crippen molar-refractivity contribution < 1.29 is 18.4 Å². The van der Waals surface area contributed by atoms with Crippen molar-refractivity contribution in [3.8, 4) is 0 Å². The van der Waals surface area contributed by atoms with Crippen LogP contribution in [-0.2, 0) is 15.0 Å². The number of benzene rings is 1. The van der Waals surface area contributed by atoms with Crippen molar-refractivity contribution in [1.82, 2.24) is 10.6 Å². The molecule has 0 saturated heterocycles. The molecule has 0 aliphatic heterocycles. The van der Waals surface area contributed by atoms with Gasteiger partial charge in [0.1, 0.15) is 11.6 Å². The number of carbonyl (C=O) groups excluding carboxylic acids is 2. The van der Waals surface area contributed by atoms with E-state index in [1.54, 1.807) is 0 Å². The van der Waals surface area contributed by atoms with Crippen LogP contribution in [0.3, 0.4) is 0 Å². The van der Waals surface area contributed by atoms with Crippen LogP contribution in [0.5, 0.6) is 0 Å². The molecule has 0 radical (unpaired) electrons. The van der Waals surface area contributed by atoms with Gasteiger partial charge in [-0.3, -0.25) is 9.59 Å². The number of carbonyl (C=O) groups is 2. The number of halogens is 2. The van der Waals surface area contributed by atoms with E-state index in [0.717, 1.165) is 12.8 Å². The van der Waals surface area contributed by atoms with E-state index in [2.05, 4.69) is 10.6 Å². The Morgan fingerprint density at radius 3 is 2.27 bits per heavy atom. The summed E-state index contributed by atoms with van der Waals surface area (Å²) in [6, 6.07) is 3.14. The minimum atomic E-state index is -0.747. The Hall–Kier alpha value is -2.02. The summed E-state index contributed by atoms with van der Waals surface area (Å²) < 4.78 is 28.5. The fourth-order valence-corrected chi connectivity index (χ4v) is 3.49. The fraction of sp³-hybridized carbons (Fsp3) is 0.579. The third-order valence-corrected chi connectivity index (χ3v) is 5.12. The maximum atomic E-state index is 14.3. The standard InChI is InChI=1S/C19H27F2N3O2/c1-12(2)17(22)18(26)23-10-15(25)24-11-19(8-3-4-9-19)16-13(20)6-5-7-14(16)21/h5-7,12,17H,3-4,8-11,22H2,1-2H3,(H,23,26)(H,24,25)/t17-/m0/s1. The van der Waals surface area contributed by atoms with Gasteiger partial charge in [0.15, 0.2) is 0 Å². The first kappa shape index (κ1) is 20.3. The SMILES string of the molecule is CC(C)[C@H](N)C(=O)NCC(=O)NCC1(c2c(F)cccc2F)CCCC1. The van der Waals surface area contributed by atoms with Crippen LogP contribution in [-0.4, -0.2) is 30.9 Å². The second-order valence-electron chi connectivity index (χ2n) is 7.35. The number of hydrogen-bond donors (Lipinski definition) is 3. The highest BCUT2D eigenvalue weighted by molar-refractivity contribution is 5.87. The number of hydrogen-bond acceptors (Lipinski definition) is 3. The molecule has 2 rings (SSSR count). The van der Waals surface area contributed by atoms with Gasteiger partial charge in [-0.25, -0.2) is 8.78 Å². The molecule has 2 amide bonds. The summed E-state index contributed by atoms with van der Waals surface area (Å²) in [6.07, 6.45) is 2.92. The van der Waals surface area contributed by atoms with Crippen LogP contribution < -0.4 is 16.4 Å². The van der Waals surface area contributed by atoms with E-state index in [-0.39, 0.29) is 24.6 Å². The van der Waals surface area contributed by atoms with Crippen molar-refractivity contribution in [2.75, 3.05) is 13.1 Å². The molecule has 0 aromatic heterocycles. The highest BCUT2D eigenvalue weighted by Gasteiger charge is 2.40. The zero-order valence-electron chi connectivity index (χ0n) is 15.3. The average molecular weight is 367 g/mol. The molecule has 4 N–H and O–H groups in total. The van der Waals surface area contributed by atoms with E-state index >= 15 is 0 Å². The largest absolute Gasteiger partial charge is 0.354 e. The molecule has 1 fully saturated rings. The van der Waals surface area contributed by atoms with E-state index in [9.17, 15) is 18.4 Å². The topological polar surface area (TPSA) is 84.2 Å². The van der Waals surface area contributed by atoms with Crippen LogP contribution in [0.2, 0.25) is 0 Å². The molecule has 1 aliphatic carbocycles. The number of amides is 2. The predicted octanol–water partition coefficient (Wildman–Crippen LogP) is 1.99. The molecule has 0 spiro atoms. The second kappa shape index (κ2) is 8.58.